The zero-order chi connectivity index (χ0) is 21.4. The number of aliphatic imine (C=N–C) groups is 1. The van der Waals surface area contributed by atoms with E-state index in [2.05, 4.69) is 52.9 Å². The van der Waals surface area contributed by atoms with E-state index in [4.69, 9.17) is 0 Å². The Hall–Kier alpha value is -1.64. The van der Waals surface area contributed by atoms with Crippen molar-refractivity contribution in [3.63, 3.8) is 0 Å². The Bertz CT molecular complexity index is 748. The van der Waals surface area contributed by atoms with Gasteiger partial charge in [0.15, 0.2) is 5.96 Å². The van der Waals surface area contributed by atoms with Crippen molar-refractivity contribution in [1.82, 2.24) is 20.3 Å². The van der Waals surface area contributed by atoms with Crippen LogP contribution >= 0.6 is 0 Å². The van der Waals surface area contributed by atoms with Crippen LogP contribution in [-0.2, 0) is 16.6 Å². The molecule has 0 aromatic heterocycles. The van der Waals surface area contributed by atoms with Gasteiger partial charge in [-0.25, -0.2) is 18.1 Å². The molecule has 2 rings (SSSR count). The zero-order valence-corrected chi connectivity index (χ0v) is 19.2. The fraction of sp³-hybridized carbons (Fsp3) is 0.667. The monoisotopic (exact) mass is 423 g/mol. The van der Waals surface area contributed by atoms with Crippen LogP contribution in [0, 0.1) is 0 Å². The molecule has 0 atom stereocenters. The van der Waals surface area contributed by atoms with E-state index in [9.17, 15) is 8.42 Å². The summed E-state index contributed by atoms with van der Waals surface area (Å²) >= 11 is 0. The Labute approximate surface area is 176 Å². The van der Waals surface area contributed by atoms with Crippen LogP contribution in [0.1, 0.15) is 53.0 Å². The lowest BCUT2D eigenvalue weighted by Crippen LogP contribution is -2.45. The molecule has 0 bridgehead atoms. The summed E-state index contributed by atoms with van der Waals surface area (Å²) in [7, 11) is -3.40. The molecule has 0 saturated heterocycles. The molecule has 0 unspecified atom stereocenters. The van der Waals surface area contributed by atoms with Gasteiger partial charge in [0.2, 0.25) is 10.0 Å². The van der Waals surface area contributed by atoms with E-state index >= 15 is 0 Å². The molecule has 0 radical (unpaired) electrons. The number of rotatable bonds is 11. The number of guanidine groups is 1. The van der Waals surface area contributed by atoms with Gasteiger partial charge in [-0.2, -0.15) is 0 Å². The topological polar surface area (TPSA) is 85.8 Å². The number of nitrogens with one attached hydrogen (secondary N) is 3. The summed E-state index contributed by atoms with van der Waals surface area (Å²) in [5.74, 6) is 0.770. The fourth-order valence-electron chi connectivity index (χ4n) is 3.19. The standard InChI is InChI=1S/C21H37N5O2S/c1-6-22-21(23-13-14-26(16(2)3)17(4)5)24-15-18-7-11-20(12-8-18)29(27,28)25-19-9-10-19/h7-8,11-12,16-17,19,25H,6,9-10,13-15H2,1-5H3,(H2,22,23,24). The summed E-state index contributed by atoms with van der Waals surface area (Å²) in [6.45, 7) is 13.9. The quantitative estimate of drug-likeness (QED) is 0.376. The Kier molecular flexibility index (Phi) is 8.92. The smallest absolute Gasteiger partial charge is 0.240 e. The summed E-state index contributed by atoms with van der Waals surface area (Å²) in [4.78, 5) is 7.38. The molecule has 3 N–H and O–H groups in total. The van der Waals surface area contributed by atoms with E-state index in [1.165, 1.54) is 0 Å². The van der Waals surface area contributed by atoms with Crippen LogP contribution in [0.25, 0.3) is 0 Å². The van der Waals surface area contributed by atoms with Crippen LogP contribution in [-0.4, -0.2) is 57.0 Å². The molecule has 0 heterocycles. The third-order valence-electron chi connectivity index (χ3n) is 4.89. The van der Waals surface area contributed by atoms with Gasteiger partial charge in [0.25, 0.3) is 0 Å². The van der Waals surface area contributed by atoms with Crippen molar-refractivity contribution in [3.05, 3.63) is 29.8 Å². The normalized spacial score (nSPS) is 15.4. The molecule has 1 saturated carbocycles. The molecule has 1 aromatic rings. The van der Waals surface area contributed by atoms with E-state index in [1.54, 1.807) is 12.1 Å². The molecule has 1 fully saturated rings. The van der Waals surface area contributed by atoms with Crippen LogP contribution in [0.3, 0.4) is 0 Å². The Morgan fingerprint density at radius 1 is 1.10 bits per heavy atom. The molecule has 164 valence electrons. The van der Waals surface area contributed by atoms with Crippen LogP contribution < -0.4 is 15.4 Å². The van der Waals surface area contributed by atoms with E-state index < -0.39 is 10.0 Å². The van der Waals surface area contributed by atoms with Crippen molar-refractivity contribution in [1.29, 1.82) is 0 Å². The molecule has 0 spiro atoms. The minimum absolute atomic E-state index is 0.111. The summed E-state index contributed by atoms with van der Waals surface area (Å²) in [5.41, 5.74) is 0.971. The van der Waals surface area contributed by atoms with Crippen LogP contribution in [0.4, 0.5) is 0 Å². The number of hydrogen-bond acceptors (Lipinski definition) is 4. The Morgan fingerprint density at radius 3 is 2.24 bits per heavy atom. The minimum Gasteiger partial charge on any atom is -0.357 e. The lowest BCUT2D eigenvalue weighted by molar-refractivity contribution is 0.178. The molecule has 1 aliphatic rings. The molecule has 1 aliphatic carbocycles. The van der Waals surface area contributed by atoms with Gasteiger partial charge in [-0.15, -0.1) is 0 Å². The van der Waals surface area contributed by atoms with E-state index in [0.717, 1.165) is 44.0 Å². The van der Waals surface area contributed by atoms with Crippen molar-refractivity contribution in [2.24, 2.45) is 4.99 Å². The second-order valence-electron chi connectivity index (χ2n) is 8.09. The average Bonchev–Trinajstić information content (AvgIpc) is 3.46. The average molecular weight is 424 g/mol. The SMILES string of the molecule is CCNC(=NCc1ccc(S(=O)(=O)NC2CC2)cc1)NCCN(C(C)C)C(C)C. The van der Waals surface area contributed by atoms with Crippen LogP contribution in [0.2, 0.25) is 0 Å². The third-order valence-corrected chi connectivity index (χ3v) is 6.42. The number of sulfonamides is 1. The highest BCUT2D eigenvalue weighted by atomic mass is 32.2. The minimum atomic E-state index is -3.40. The molecular formula is C21H37N5O2S. The molecular weight excluding hydrogens is 386 g/mol. The first-order valence-electron chi connectivity index (χ1n) is 10.6. The maximum Gasteiger partial charge on any atom is 0.240 e. The predicted molar refractivity (Wildman–Crippen MR) is 120 cm³/mol. The van der Waals surface area contributed by atoms with E-state index in [0.29, 0.717) is 23.5 Å². The van der Waals surface area contributed by atoms with Gasteiger partial charge < -0.3 is 10.6 Å². The number of benzene rings is 1. The van der Waals surface area contributed by atoms with Gasteiger partial charge in [0.1, 0.15) is 0 Å². The highest BCUT2D eigenvalue weighted by Gasteiger charge is 2.27. The summed E-state index contributed by atoms with van der Waals surface area (Å²) in [6, 6.07) is 8.07. The summed E-state index contributed by atoms with van der Waals surface area (Å²) < 4.78 is 27.2. The highest BCUT2D eigenvalue weighted by Crippen LogP contribution is 2.22. The van der Waals surface area contributed by atoms with Gasteiger partial charge in [0, 0.05) is 37.8 Å². The molecule has 0 amide bonds. The van der Waals surface area contributed by atoms with Crippen LogP contribution in [0.5, 0.6) is 0 Å². The van der Waals surface area contributed by atoms with Gasteiger partial charge in [-0.1, -0.05) is 12.1 Å². The fourth-order valence-corrected chi connectivity index (χ4v) is 4.50. The predicted octanol–water partition coefficient (Wildman–Crippen LogP) is 2.30. The van der Waals surface area contributed by atoms with E-state index in [-0.39, 0.29) is 6.04 Å². The largest absolute Gasteiger partial charge is 0.357 e. The van der Waals surface area contributed by atoms with E-state index in [1.807, 2.05) is 19.1 Å². The summed E-state index contributed by atoms with van der Waals surface area (Å²) in [6.07, 6.45) is 1.86. The second kappa shape index (κ2) is 10.9. The van der Waals surface area contributed by atoms with Crippen molar-refractivity contribution < 1.29 is 8.42 Å². The maximum atomic E-state index is 12.3. The molecule has 7 nitrogen and oxygen atoms in total. The second-order valence-corrected chi connectivity index (χ2v) is 9.80. The molecule has 29 heavy (non-hydrogen) atoms. The first-order valence-corrected chi connectivity index (χ1v) is 12.1. The first kappa shape index (κ1) is 23.6. The van der Waals surface area contributed by atoms with Gasteiger partial charge in [-0.05, 0) is 65.2 Å². The maximum absolute atomic E-state index is 12.3. The van der Waals surface area contributed by atoms with Crippen molar-refractivity contribution in [3.8, 4) is 0 Å². The molecule has 8 heteroatoms. The summed E-state index contributed by atoms with van der Waals surface area (Å²) in [5, 5.41) is 6.65. The van der Waals surface area contributed by atoms with Crippen molar-refractivity contribution in [2.75, 3.05) is 19.6 Å². The van der Waals surface area contributed by atoms with Gasteiger partial charge >= 0.3 is 0 Å². The van der Waals surface area contributed by atoms with Gasteiger partial charge in [-0.3, -0.25) is 4.90 Å². The van der Waals surface area contributed by atoms with Crippen molar-refractivity contribution >= 4 is 16.0 Å². The zero-order valence-electron chi connectivity index (χ0n) is 18.4. The first-order chi connectivity index (χ1) is 13.7. The number of hydrogen-bond donors (Lipinski definition) is 3. The lowest BCUT2D eigenvalue weighted by Gasteiger charge is -2.30. The van der Waals surface area contributed by atoms with Crippen molar-refractivity contribution in [2.45, 2.75) is 77.0 Å². The van der Waals surface area contributed by atoms with Crippen LogP contribution in [0.15, 0.2) is 34.2 Å². The molecule has 1 aromatic carbocycles. The number of nitrogens with zero attached hydrogens (tertiary/aromatic N) is 2. The lowest BCUT2D eigenvalue weighted by atomic mass is 10.2. The molecule has 0 aliphatic heterocycles. The third kappa shape index (κ3) is 7.95. The Balaban J connectivity index is 1.91. The highest BCUT2D eigenvalue weighted by molar-refractivity contribution is 7.89. The Morgan fingerprint density at radius 2 is 1.72 bits per heavy atom. The van der Waals surface area contributed by atoms with Gasteiger partial charge in [0.05, 0.1) is 11.4 Å².